The van der Waals surface area contributed by atoms with E-state index in [2.05, 4.69) is 13.8 Å². The summed E-state index contributed by atoms with van der Waals surface area (Å²) in [7, 11) is 0. The van der Waals surface area contributed by atoms with E-state index in [1.54, 1.807) is 0 Å². The number of hydrogen-bond acceptors (Lipinski definition) is 3. The minimum atomic E-state index is 0. The van der Waals surface area contributed by atoms with Gasteiger partial charge in [-0.1, -0.05) is 13.8 Å². The summed E-state index contributed by atoms with van der Waals surface area (Å²) >= 11 is 0. The molecule has 2 fully saturated rings. The quantitative estimate of drug-likeness (QED) is 0.788. The maximum absolute atomic E-state index is 12.4. The van der Waals surface area contributed by atoms with Gasteiger partial charge in [-0.2, -0.15) is 0 Å². The molecule has 18 heavy (non-hydrogen) atoms. The minimum absolute atomic E-state index is 0. The molecule has 1 amide bonds. The van der Waals surface area contributed by atoms with E-state index in [4.69, 9.17) is 10.5 Å². The van der Waals surface area contributed by atoms with Crippen LogP contribution in [0.5, 0.6) is 0 Å². The summed E-state index contributed by atoms with van der Waals surface area (Å²) in [5.74, 6) is 0.346. The summed E-state index contributed by atoms with van der Waals surface area (Å²) in [6.07, 6.45) is 2.89. The van der Waals surface area contributed by atoms with Crippen LogP contribution in [0.15, 0.2) is 0 Å². The van der Waals surface area contributed by atoms with Gasteiger partial charge in [0.25, 0.3) is 0 Å². The first-order valence-corrected chi connectivity index (χ1v) is 6.63. The minimum Gasteiger partial charge on any atom is -0.381 e. The number of carbonyl (C=O) groups is 1. The Morgan fingerprint density at radius 2 is 2.11 bits per heavy atom. The van der Waals surface area contributed by atoms with Crippen LogP contribution in [0.3, 0.4) is 0 Å². The monoisotopic (exact) mass is 276 g/mol. The molecule has 0 aromatic heterocycles. The van der Waals surface area contributed by atoms with Crippen LogP contribution >= 0.6 is 12.4 Å². The van der Waals surface area contributed by atoms with Gasteiger partial charge in [-0.15, -0.1) is 12.4 Å². The Bertz CT molecular complexity index is 291. The van der Waals surface area contributed by atoms with Crippen LogP contribution in [0.4, 0.5) is 0 Å². The highest BCUT2D eigenvalue weighted by molar-refractivity contribution is 5.85. The summed E-state index contributed by atoms with van der Waals surface area (Å²) in [5, 5.41) is 0. The third-order valence-electron chi connectivity index (χ3n) is 4.13. The van der Waals surface area contributed by atoms with E-state index in [9.17, 15) is 4.79 Å². The van der Waals surface area contributed by atoms with Crippen molar-refractivity contribution < 1.29 is 9.53 Å². The molecule has 5 heteroatoms. The van der Waals surface area contributed by atoms with Crippen molar-refractivity contribution in [2.24, 2.45) is 17.1 Å². The van der Waals surface area contributed by atoms with Gasteiger partial charge in [0, 0.05) is 25.7 Å². The first-order valence-electron chi connectivity index (χ1n) is 6.63. The molecule has 106 valence electrons. The lowest BCUT2D eigenvalue weighted by atomic mass is 9.79. The second kappa shape index (κ2) is 6.22. The number of piperidine rings is 1. The molecule has 2 saturated heterocycles. The Hall–Kier alpha value is -0.320. The van der Waals surface area contributed by atoms with E-state index in [0.717, 1.165) is 39.0 Å². The van der Waals surface area contributed by atoms with E-state index >= 15 is 0 Å². The van der Waals surface area contributed by atoms with Gasteiger partial charge in [0.2, 0.25) is 5.91 Å². The molecule has 0 radical (unpaired) electrons. The summed E-state index contributed by atoms with van der Waals surface area (Å²) in [4.78, 5) is 14.3. The molecule has 2 aliphatic heterocycles. The largest absolute Gasteiger partial charge is 0.381 e. The Labute approximate surface area is 116 Å². The van der Waals surface area contributed by atoms with Crippen molar-refractivity contribution in [3.05, 3.63) is 0 Å². The van der Waals surface area contributed by atoms with E-state index in [1.165, 1.54) is 0 Å². The molecule has 2 aliphatic rings. The van der Waals surface area contributed by atoms with Gasteiger partial charge in [-0.05, 0) is 24.7 Å². The van der Waals surface area contributed by atoms with E-state index in [1.807, 2.05) is 4.90 Å². The predicted octanol–water partition coefficient (Wildman–Crippen LogP) is 1.42. The van der Waals surface area contributed by atoms with Crippen LogP contribution in [0, 0.1) is 11.3 Å². The molecule has 4 nitrogen and oxygen atoms in total. The number of likely N-dealkylation sites (tertiary alicyclic amines) is 1. The molecule has 0 aromatic carbocycles. The molecule has 2 unspecified atom stereocenters. The first-order chi connectivity index (χ1) is 8.00. The van der Waals surface area contributed by atoms with Crippen LogP contribution in [-0.4, -0.2) is 43.2 Å². The summed E-state index contributed by atoms with van der Waals surface area (Å²) in [5.41, 5.74) is 6.12. The maximum Gasteiger partial charge on any atom is 0.228 e. The van der Waals surface area contributed by atoms with Crippen molar-refractivity contribution in [1.29, 1.82) is 0 Å². The topological polar surface area (TPSA) is 55.6 Å². The summed E-state index contributed by atoms with van der Waals surface area (Å²) in [6.45, 7) is 7.29. The molecule has 2 rings (SSSR count). The molecule has 0 saturated carbocycles. The van der Waals surface area contributed by atoms with E-state index in [0.29, 0.717) is 6.61 Å². The molecule has 2 heterocycles. The fourth-order valence-corrected chi connectivity index (χ4v) is 2.76. The van der Waals surface area contributed by atoms with Gasteiger partial charge in [0.1, 0.15) is 0 Å². The van der Waals surface area contributed by atoms with Crippen molar-refractivity contribution in [2.45, 2.75) is 39.2 Å². The molecular formula is C13H25ClN2O2. The number of hydrogen-bond donors (Lipinski definition) is 1. The van der Waals surface area contributed by atoms with Crippen molar-refractivity contribution in [3.63, 3.8) is 0 Å². The normalized spacial score (nSPS) is 31.6. The van der Waals surface area contributed by atoms with Gasteiger partial charge in [-0.3, -0.25) is 4.79 Å². The Morgan fingerprint density at radius 1 is 1.39 bits per heavy atom. The molecular weight excluding hydrogens is 252 g/mol. The van der Waals surface area contributed by atoms with Gasteiger partial charge in [-0.25, -0.2) is 0 Å². The van der Waals surface area contributed by atoms with Crippen LogP contribution < -0.4 is 5.73 Å². The summed E-state index contributed by atoms with van der Waals surface area (Å²) < 4.78 is 5.39. The Morgan fingerprint density at radius 3 is 2.67 bits per heavy atom. The van der Waals surface area contributed by atoms with E-state index in [-0.39, 0.29) is 35.7 Å². The number of nitrogens with two attached hydrogens (primary N) is 1. The molecule has 2 atom stereocenters. The van der Waals surface area contributed by atoms with Gasteiger partial charge in [0.15, 0.2) is 0 Å². The van der Waals surface area contributed by atoms with Crippen LogP contribution in [0.1, 0.15) is 33.1 Å². The standard InChI is InChI=1S/C13H24N2O2.ClH/c1-13(2)9-15(6-5-11(13)14)12(16)10-4-3-7-17-8-10;/h10-11H,3-9,14H2,1-2H3;1H. The van der Waals surface area contributed by atoms with E-state index < -0.39 is 0 Å². The predicted molar refractivity (Wildman–Crippen MR) is 73.7 cm³/mol. The van der Waals surface area contributed by atoms with Crippen LogP contribution in [-0.2, 0) is 9.53 Å². The SMILES string of the molecule is CC1(C)CN(C(=O)C2CCCOC2)CCC1N.Cl. The fraction of sp³-hybridized carbons (Fsp3) is 0.923. The number of halogens is 1. The molecule has 0 aliphatic carbocycles. The lowest BCUT2D eigenvalue weighted by Crippen LogP contribution is -2.55. The number of rotatable bonds is 1. The average Bonchev–Trinajstić information content (AvgIpc) is 2.33. The Kier molecular flexibility index (Phi) is 5.44. The average molecular weight is 277 g/mol. The smallest absolute Gasteiger partial charge is 0.228 e. The first kappa shape index (κ1) is 15.7. The van der Waals surface area contributed by atoms with Crippen molar-refractivity contribution in [3.8, 4) is 0 Å². The molecule has 0 bridgehead atoms. The Balaban J connectivity index is 0.00000162. The van der Waals surface area contributed by atoms with Crippen molar-refractivity contribution >= 4 is 18.3 Å². The van der Waals surface area contributed by atoms with Crippen molar-refractivity contribution in [1.82, 2.24) is 4.90 Å². The molecule has 0 spiro atoms. The molecule has 0 aromatic rings. The number of amides is 1. The highest BCUT2D eigenvalue weighted by Crippen LogP contribution is 2.29. The lowest BCUT2D eigenvalue weighted by Gasteiger charge is -2.43. The highest BCUT2D eigenvalue weighted by Gasteiger charge is 2.37. The van der Waals surface area contributed by atoms with Gasteiger partial charge < -0.3 is 15.4 Å². The molecule has 2 N–H and O–H groups in total. The number of carbonyl (C=O) groups excluding carboxylic acids is 1. The van der Waals surface area contributed by atoms with Gasteiger partial charge >= 0.3 is 0 Å². The van der Waals surface area contributed by atoms with Crippen LogP contribution in [0.25, 0.3) is 0 Å². The zero-order valence-corrected chi connectivity index (χ0v) is 12.2. The van der Waals surface area contributed by atoms with Gasteiger partial charge in [0.05, 0.1) is 12.5 Å². The lowest BCUT2D eigenvalue weighted by molar-refractivity contribution is -0.143. The number of nitrogens with zero attached hydrogens (tertiary/aromatic N) is 1. The number of ether oxygens (including phenoxy) is 1. The third kappa shape index (κ3) is 3.37. The zero-order valence-electron chi connectivity index (χ0n) is 11.4. The van der Waals surface area contributed by atoms with Crippen molar-refractivity contribution in [2.75, 3.05) is 26.3 Å². The fourth-order valence-electron chi connectivity index (χ4n) is 2.76. The van der Waals surface area contributed by atoms with Crippen LogP contribution in [0.2, 0.25) is 0 Å². The highest BCUT2D eigenvalue weighted by atomic mass is 35.5. The third-order valence-corrected chi connectivity index (χ3v) is 4.13. The second-order valence-electron chi connectivity index (χ2n) is 6.06. The second-order valence-corrected chi connectivity index (χ2v) is 6.06. The summed E-state index contributed by atoms with van der Waals surface area (Å²) in [6, 6.07) is 0.203. The zero-order chi connectivity index (χ0) is 12.5. The maximum atomic E-state index is 12.4.